The van der Waals surface area contributed by atoms with E-state index in [1.54, 1.807) is 6.07 Å². The van der Waals surface area contributed by atoms with Gasteiger partial charge in [0.25, 0.3) is 0 Å². The first-order valence-electron chi connectivity index (χ1n) is 6.32. The van der Waals surface area contributed by atoms with E-state index in [1.165, 1.54) is 18.5 Å². The van der Waals surface area contributed by atoms with Gasteiger partial charge in [0.1, 0.15) is 18.0 Å². The Morgan fingerprint density at radius 3 is 2.50 bits per heavy atom. The molecule has 1 aromatic heterocycles. The molecule has 0 saturated heterocycles. The van der Waals surface area contributed by atoms with Crippen LogP contribution in [0, 0.1) is 17.5 Å². The molecule has 1 N–H and O–H groups in total. The van der Waals surface area contributed by atoms with Crippen molar-refractivity contribution in [2.45, 2.75) is 6.54 Å². The molecular formula is C15H9ClF3N3. The number of nitrogens with zero attached hydrogens (tertiary/aromatic N) is 2. The van der Waals surface area contributed by atoms with E-state index in [1.807, 2.05) is 0 Å². The maximum Gasteiger partial charge on any atom is 0.161 e. The summed E-state index contributed by atoms with van der Waals surface area (Å²) < 4.78 is 39.7. The van der Waals surface area contributed by atoms with Gasteiger partial charge in [-0.2, -0.15) is 0 Å². The molecular weight excluding hydrogens is 315 g/mol. The highest BCUT2D eigenvalue weighted by atomic mass is 35.5. The number of aromatic nitrogens is 2. The molecule has 3 nitrogen and oxygen atoms in total. The molecule has 7 heteroatoms. The summed E-state index contributed by atoms with van der Waals surface area (Å²) >= 11 is 5.71. The molecule has 0 aliphatic heterocycles. The van der Waals surface area contributed by atoms with Gasteiger partial charge in [0.15, 0.2) is 11.6 Å². The molecule has 0 atom stereocenters. The third-order valence-electron chi connectivity index (χ3n) is 3.12. The lowest BCUT2D eigenvalue weighted by atomic mass is 10.2. The minimum atomic E-state index is -0.977. The maximum absolute atomic E-state index is 13.4. The molecule has 0 amide bonds. The van der Waals surface area contributed by atoms with Gasteiger partial charge in [0.2, 0.25) is 0 Å². The molecule has 0 aliphatic carbocycles. The number of hydrogen-bond donors (Lipinski definition) is 1. The Hall–Kier alpha value is -2.34. The number of hydrogen-bond acceptors (Lipinski definition) is 3. The largest absolute Gasteiger partial charge is 0.365 e. The van der Waals surface area contributed by atoms with Gasteiger partial charge in [0, 0.05) is 18.0 Å². The van der Waals surface area contributed by atoms with E-state index in [0.29, 0.717) is 17.7 Å². The summed E-state index contributed by atoms with van der Waals surface area (Å²) in [6, 6.07) is 6.34. The first kappa shape index (κ1) is 14.6. The van der Waals surface area contributed by atoms with Crippen LogP contribution in [0.4, 0.5) is 19.0 Å². The Morgan fingerprint density at radius 1 is 0.955 bits per heavy atom. The molecule has 1 heterocycles. The normalized spacial score (nSPS) is 10.9. The molecule has 0 radical (unpaired) electrons. The zero-order valence-electron chi connectivity index (χ0n) is 11.1. The number of nitrogens with one attached hydrogen (secondary N) is 1. The van der Waals surface area contributed by atoms with Gasteiger partial charge in [-0.15, -0.1) is 0 Å². The lowest BCUT2D eigenvalue weighted by Gasteiger charge is -2.09. The predicted molar refractivity (Wildman–Crippen MR) is 78.2 cm³/mol. The first-order chi connectivity index (χ1) is 10.5. The van der Waals surface area contributed by atoms with E-state index in [-0.39, 0.29) is 10.5 Å². The van der Waals surface area contributed by atoms with Gasteiger partial charge in [-0.25, -0.2) is 23.1 Å². The fourth-order valence-electron chi connectivity index (χ4n) is 2.03. The summed E-state index contributed by atoms with van der Waals surface area (Å²) in [5.74, 6) is -2.10. The maximum atomic E-state index is 13.4. The van der Waals surface area contributed by atoms with Gasteiger partial charge >= 0.3 is 0 Å². The summed E-state index contributed by atoms with van der Waals surface area (Å²) in [4.78, 5) is 7.91. The average Bonchev–Trinajstić information content (AvgIpc) is 2.50. The van der Waals surface area contributed by atoms with Crippen molar-refractivity contribution in [2.75, 3.05) is 5.32 Å². The molecule has 0 bridgehead atoms. The minimum Gasteiger partial charge on any atom is -0.365 e. The van der Waals surface area contributed by atoms with Crippen LogP contribution in [0.25, 0.3) is 10.9 Å². The molecule has 0 aliphatic rings. The highest BCUT2D eigenvalue weighted by molar-refractivity contribution is 6.30. The van der Waals surface area contributed by atoms with E-state index >= 15 is 0 Å². The highest BCUT2D eigenvalue weighted by Gasteiger charge is 2.09. The third-order valence-corrected chi connectivity index (χ3v) is 3.41. The van der Waals surface area contributed by atoms with Crippen LogP contribution in [0.3, 0.4) is 0 Å². The predicted octanol–water partition coefficient (Wildman–Crippen LogP) is 4.31. The van der Waals surface area contributed by atoms with E-state index in [0.717, 1.165) is 17.7 Å². The fraction of sp³-hybridized carbons (Fsp3) is 0.0667. The Bertz CT molecular complexity index is 855. The topological polar surface area (TPSA) is 37.8 Å². The molecule has 0 unspecified atom stereocenters. The van der Waals surface area contributed by atoms with E-state index in [2.05, 4.69) is 15.3 Å². The smallest absolute Gasteiger partial charge is 0.161 e. The lowest BCUT2D eigenvalue weighted by molar-refractivity contribution is 0.510. The zero-order valence-corrected chi connectivity index (χ0v) is 11.8. The first-order valence-corrected chi connectivity index (χ1v) is 6.70. The van der Waals surface area contributed by atoms with Gasteiger partial charge in [-0.05, 0) is 23.8 Å². The summed E-state index contributed by atoms with van der Waals surface area (Å²) in [6.07, 6.45) is 1.25. The van der Waals surface area contributed by atoms with Crippen molar-refractivity contribution in [1.29, 1.82) is 0 Å². The zero-order chi connectivity index (χ0) is 15.7. The molecule has 0 fully saturated rings. The van der Waals surface area contributed by atoms with Crippen LogP contribution < -0.4 is 5.32 Å². The Labute approximate surface area is 128 Å². The SMILES string of the molecule is Fc1cc2ncnc(NCc3ccc(F)c(Cl)c3)c2cc1F. The number of fused-ring (bicyclic) bond motifs is 1. The standard InChI is InChI=1S/C15H9ClF3N3/c16-10-3-8(1-2-11(10)17)6-20-15-9-4-12(18)13(19)5-14(9)21-7-22-15/h1-5,7H,6H2,(H,20,21,22). The van der Waals surface area contributed by atoms with Crippen molar-refractivity contribution in [1.82, 2.24) is 9.97 Å². The quantitative estimate of drug-likeness (QED) is 0.780. The number of halogens is 4. The monoisotopic (exact) mass is 323 g/mol. The second kappa shape index (κ2) is 5.81. The van der Waals surface area contributed by atoms with E-state index < -0.39 is 17.5 Å². The van der Waals surface area contributed by atoms with Crippen molar-refractivity contribution in [3.05, 3.63) is 64.7 Å². The van der Waals surface area contributed by atoms with Crippen LogP contribution in [-0.4, -0.2) is 9.97 Å². The van der Waals surface area contributed by atoms with Gasteiger partial charge < -0.3 is 5.32 Å². The summed E-state index contributed by atoms with van der Waals surface area (Å²) in [6.45, 7) is 0.297. The second-order valence-electron chi connectivity index (χ2n) is 4.61. The summed E-state index contributed by atoms with van der Waals surface area (Å²) in [5.41, 5.74) is 1.01. The van der Waals surface area contributed by atoms with Gasteiger partial charge in [-0.1, -0.05) is 17.7 Å². The van der Waals surface area contributed by atoms with Crippen molar-refractivity contribution in [3.8, 4) is 0 Å². The van der Waals surface area contributed by atoms with Crippen LogP contribution in [0.5, 0.6) is 0 Å². The van der Waals surface area contributed by atoms with Crippen LogP contribution in [0.1, 0.15) is 5.56 Å². The van der Waals surface area contributed by atoms with Crippen molar-refractivity contribution < 1.29 is 13.2 Å². The molecule has 3 rings (SSSR count). The molecule has 0 spiro atoms. The van der Waals surface area contributed by atoms with Crippen LogP contribution in [0.2, 0.25) is 5.02 Å². The minimum absolute atomic E-state index is 0.0139. The van der Waals surface area contributed by atoms with Crippen LogP contribution in [0.15, 0.2) is 36.7 Å². The molecule has 3 aromatic rings. The van der Waals surface area contributed by atoms with Crippen molar-refractivity contribution in [2.24, 2.45) is 0 Å². The average molecular weight is 324 g/mol. The molecule has 22 heavy (non-hydrogen) atoms. The van der Waals surface area contributed by atoms with E-state index in [4.69, 9.17) is 11.6 Å². The fourth-order valence-corrected chi connectivity index (χ4v) is 2.23. The van der Waals surface area contributed by atoms with Gasteiger partial charge in [0.05, 0.1) is 10.5 Å². The third kappa shape index (κ3) is 2.82. The summed E-state index contributed by atoms with van der Waals surface area (Å²) in [5, 5.41) is 3.35. The number of rotatable bonds is 3. The highest BCUT2D eigenvalue weighted by Crippen LogP contribution is 2.23. The van der Waals surface area contributed by atoms with E-state index in [9.17, 15) is 13.2 Å². The summed E-state index contributed by atoms with van der Waals surface area (Å²) in [7, 11) is 0. The molecule has 112 valence electrons. The Balaban J connectivity index is 1.90. The lowest BCUT2D eigenvalue weighted by Crippen LogP contribution is -2.03. The second-order valence-corrected chi connectivity index (χ2v) is 5.01. The van der Waals surface area contributed by atoms with Gasteiger partial charge in [-0.3, -0.25) is 0 Å². The Morgan fingerprint density at radius 2 is 1.73 bits per heavy atom. The van der Waals surface area contributed by atoms with Crippen LogP contribution in [-0.2, 0) is 6.54 Å². The number of benzene rings is 2. The van der Waals surface area contributed by atoms with Crippen molar-refractivity contribution in [3.63, 3.8) is 0 Å². The number of anilines is 1. The van der Waals surface area contributed by atoms with Crippen molar-refractivity contribution >= 4 is 28.3 Å². The Kier molecular flexibility index (Phi) is 3.85. The van der Waals surface area contributed by atoms with Crippen LogP contribution >= 0.6 is 11.6 Å². The molecule has 2 aromatic carbocycles. The molecule has 0 saturated carbocycles.